The molecule has 0 bridgehead atoms. The van der Waals surface area contributed by atoms with E-state index in [1.54, 1.807) is 12.1 Å². The van der Waals surface area contributed by atoms with E-state index in [4.69, 9.17) is 14.3 Å². The first-order chi connectivity index (χ1) is 10.3. The van der Waals surface area contributed by atoms with Crippen LogP contribution in [0, 0.1) is 6.92 Å². The number of nitrogens with zero attached hydrogens (tertiary/aromatic N) is 1. The Morgan fingerprint density at radius 3 is 2.82 bits per heavy atom. The number of hydrogen-bond donors (Lipinski definition) is 3. The van der Waals surface area contributed by atoms with Gasteiger partial charge >= 0.3 is 7.82 Å². The Balaban J connectivity index is 2.38. The number of aromatic amines is 1. The van der Waals surface area contributed by atoms with E-state index in [2.05, 4.69) is 16.5 Å². The normalized spacial score (nSPS) is 12.0. The minimum absolute atomic E-state index is 0.205. The maximum absolute atomic E-state index is 11.2. The lowest BCUT2D eigenvalue weighted by Crippen LogP contribution is -2.21. The highest BCUT2D eigenvalue weighted by molar-refractivity contribution is 7.46. The monoisotopic (exact) mass is 324 g/mol. The van der Waals surface area contributed by atoms with Crippen LogP contribution in [0.25, 0.3) is 10.9 Å². The first-order valence-corrected chi connectivity index (χ1v) is 8.49. The molecular weight excluding hydrogens is 303 g/mol. The fourth-order valence-electron chi connectivity index (χ4n) is 2.54. The van der Waals surface area contributed by atoms with Gasteiger partial charge in [-0.3, -0.25) is 9.79 Å². The lowest BCUT2D eigenvalue weighted by molar-refractivity contribution is 0.284. The van der Waals surface area contributed by atoms with Crippen molar-refractivity contribution in [1.29, 1.82) is 0 Å². The molecule has 0 saturated carbocycles. The molecular formula is C15H21N2O4P. The van der Waals surface area contributed by atoms with E-state index in [0.29, 0.717) is 0 Å². The summed E-state index contributed by atoms with van der Waals surface area (Å²) in [7, 11) is -2.59. The number of aromatic nitrogens is 1. The molecule has 7 heteroatoms. The summed E-state index contributed by atoms with van der Waals surface area (Å²) in [5.74, 6) is 0.205. The van der Waals surface area contributed by atoms with Crippen molar-refractivity contribution < 1.29 is 18.9 Å². The lowest BCUT2D eigenvalue weighted by atomic mass is 10.1. The highest BCUT2D eigenvalue weighted by Gasteiger charge is 2.20. The molecule has 0 aliphatic heterocycles. The molecule has 0 unspecified atom stereocenters. The van der Waals surface area contributed by atoms with Crippen molar-refractivity contribution in [3.05, 3.63) is 42.1 Å². The Morgan fingerprint density at radius 1 is 1.45 bits per heavy atom. The van der Waals surface area contributed by atoms with E-state index >= 15 is 0 Å². The molecule has 2 rings (SSSR count). The van der Waals surface area contributed by atoms with Crippen LogP contribution in [0.15, 0.2) is 30.9 Å². The molecule has 0 amide bonds. The minimum atomic E-state index is -4.59. The number of benzene rings is 1. The molecule has 1 heterocycles. The summed E-state index contributed by atoms with van der Waals surface area (Å²) >= 11 is 0. The summed E-state index contributed by atoms with van der Waals surface area (Å²) in [5, 5.41) is 0.732. The van der Waals surface area contributed by atoms with Crippen molar-refractivity contribution >= 4 is 18.7 Å². The number of nitrogens with one attached hydrogen (secondary N) is 1. The summed E-state index contributed by atoms with van der Waals surface area (Å²) in [6.07, 6.45) is 2.59. The fraction of sp³-hybridized carbons (Fsp3) is 0.333. The lowest BCUT2D eigenvalue weighted by Gasteiger charge is -2.15. The van der Waals surface area contributed by atoms with Gasteiger partial charge in [-0.1, -0.05) is 12.1 Å². The zero-order valence-electron chi connectivity index (χ0n) is 12.7. The minimum Gasteiger partial charge on any atom is -0.404 e. The van der Waals surface area contributed by atoms with Crippen LogP contribution in [0.3, 0.4) is 0 Å². The zero-order chi connectivity index (χ0) is 16.3. The topological polar surface area (TPSA) is 85.8 Å². The Bertz CT molecular complexity index is 720. The van der Waals surface area contributed by atoms with Crippen LogP contribution in [-0.2, 0) is 11.0 Å². The van der Waals surface area contributed by atoms with Crippen LogP contribution in [-0.4, -0.2) is 39.8 Å². The fourth-order valence-corrected chi connectivity index (χ4v) is 2.95. The number of likely N-dealkylation sites (N-methyl/N-ethyl adjacent to an activating group) is 1. The average molecular weight is 324 g/mol. The number of rotatable bonds is 7. The van der Waals surface area contributed by atoms with Crippen LogP contribution >= 0.6 is 7.82 Å². The van der Waals surface area contributed by atoms with Crippen molar-refractivity contribution in [3.63, 3.8) is 0 Å². The quantitative estimate of drug-likeness (QED) is 0.538. The molecule has 0 atom stereocenters. The first-order valence-electron chi connectivity index (χ1n) is 6.96. The zero-order valence-corrected chi connectivity index (χ0v) is 13.6. The predicted molar refractivity (Wildman–Crippen MR) is 87.1 cm³/mol. The third-order valence-corrected chi connectivity index (χ3v) is 3.94. The summed E-state index contributed by atoms with van der Waals surface area (Å²) in [6, 6.07) is 5.15. The van der Waals surface area contributed by atoms with Crippen molar-refractivity contribution in [2.24, 2.45) is 0 Å². The van der Waals surface area contributed by atoms with Crippen LogP contribution < -0.4 is 4.52 Å². The molecule has 1 aromatic carbocycles. The Hall–Kier alpha value is -1.59. The van der Waals surface area contributed by atoms with E-state index in [1.807, 2.05) is 26.1 Å². The van der Waals surface area contributed by atoms with Crippen molar-refractivity contribution in [1.82, 2.24) is 9.88 Å². The summed E-state index contributed by atoms with van der Waals surface area (Å²) in [4.78, 5) is 23.5. The van der Waals surface area contributed by atoms with Crippen molar-refractivity contribution in [2.45, 2.75) is 13.3 Å². The van der Waals surface area contributed by atoms with Gasteiger partial charge in [-0.15, -0.1) is 6.58 Å². The van der Waals surface area contributed by atoms with Crippen LogP contribution in [0.4, 0.5) is 0 Å². The molecule has 120 valence electrons. The van der Waals surface area contributed by atoms with Crippen LogP contribution in [0.2, 0.25) is 0 Å². The highest BCUT2D eigenvalue weighted by atomic mass is 31.2. The van der Waals surface area contributed by atoms with E-state index < -0.39 is 7.82 Å². The maximum Gasteiger partial charge on any atom is 0.524 e. The Kier molecular flexibility index (Phi) is 5.08. The molecule has 1 aromatic heterocycles. The average Bonchev–Trinajstić information content (AvgIpc) is 2.72. The third-order valence-electron chi connectivity index (χ3n) is 3.50. The number of fused-ring (bicyclic) bond motifs is 1. The number of hydrogen-bond acceptors (Lipinski definition) is 3. The van der Waals surface area contributed by atoms with Crippen molar-refractivity contribution in [2.75, 3.05) is 20.1 Å². The molecule has 3 N–H and O–H groups in total. The molecule has 0 saturated heterocycles. The first kappa shape index (κ1) is 16.8. The second-order valence-corrected chi connectivity index (χ2v) is 6.45. The SMILES string of the molecule is C=CCN(C)CCc1c(C)[nH]c2cccc(OP(=O)(O)O)c12. The van der Waals surface area contributed by atoms with Gasteiger partial charge in [0, 0.05) is 29.7 Å². The van der Waals surface area contributed by atoms with Crippen molar-refractivity contribution in [3.8, 4) is 5.75 Å². The summed E-state index contributed by atoms with van der Waals surface area (Å²) in [5.41, 5.74) is 2.79. The van der Waals surface area contributed by atoms with E-state index in [-0.39, 0.29) is 5.75 Å². The second-order valence-electron chi connectivity index (χ2n) is 5.29. The molecule has 0 spiro atoms. The third kappa shape index (κ3) is 3.99. The predicted octanol–water partition coefficient (Wildman–Crippen LogP) is 2.61. The Morgan fingerprint density at radius 2 is 2.18 bits per heavy atom. The number of phosphoric ester groups is 1. The number of phosphoric acid groups is 1. The number of H-pyrrole nitrogens is 1. The van der Waals surface area contributed by atoms with E-state index in [9.17, 15) is 4.57 Å². The van der Waals surface area contributed by atoms with Gasteiger partial charge < -0.3 is 14.4 Å². The van der Waals surface area contributed by atoms with Gasteiger partial charge in [-0.2, -0.15) is 0 Å². The summed E-state index contributed by atoms with van der Waals surface area (Å²) in [6.45, 7) is 7.26. The van der Waals surface area contributed by atoms with Gasteiger partial charge in [0.05, 0.1) is 0 Å². The molecule has 22 heavy (non-hydrogen) atoms. The van der Waals surface area contributed by atoms with E-state index in [0.717, 1.165) is 41.7 Å². The van der Waals surface area contributed by atoms with Gasteiger partial charge in [-0.05, 0) is 38.1 Å². The highest BCUT2D eigenvalue weighted by Crippen LogP contribution is 2.42. The number of aryl methyl sites for hydroxylation is 1. The Labute approximate surface area is 129 Å². The van der Waals surface area contributed by atoms with Gasteiger partial charge in [0.1, 0.15) is 5.75 Å². The molecule has 6 nitrogen and oxygen atoms in total. The maximum atomic E-state index is 11.2. The standard InChI is InChI=1S/C15H21N2O4P/c1-4-9-17(3)10-8-12-11(2)16-13-6-5-7-14(15(12)13)21-22(18,19)20/h4-7,16H,1,8-10H2,2-3H3,(H2,18,19,20). The van der Waals surface area contributed by atoms with Gasteiger partial charge in [0.15, 0.2) is 0 Å². The summed E-state index contributed by atoms with van der Waals surface area (Å²) < 4.78 is 16.0. The molecule has 0 radical (unpaired) electrons. The van der Waals surface area contributed by atoms with Crippen LogP contribution in [0.5, 0.6) is 5.75 Å². The van der Waals surface area contributed by atoms with Gasteiger partial charge in [0.25, 0.3) is 0 Å². The van der Waals surface area contributed by atoms with E-state index in [1.165, 1.54) is 0 Å². The largest absolute Gasteiger partial charge is 0.524 e. The molecule has 2 aromatic rings. The van der Waals surface area contributed by atoms with Crippen LogP contribution in [0.1, 0.15) is 11.3 Å². The van der Waals surface area contributed by atoms with Gasteiger partial charge in [-0.25, -0.2) is 4.57 Å². The van der Waals surface area contributed by atoms with Gasteiger partial charge in [0.2, 0.25) is 0 Å². The molecule has 0 aliphatic rings. The molecule has 0 fully saturated rings. The second kappa shape index (κ2) is 6.67. The smallest absolute Gasteiger partial charge is 0.404 e. The molecule has 0 aliphatic carbocycles.